The van der Waals surface area contributed by atoms with Gasteiger partial charge in [-0.1, -0.05) is 31.1 Å². The molecule has 1 atom stereocenters. The van der Waals surface area contributed by atoms with Crippen molar-refractivity contribution in [3.8, 4) is 0 Å². The number of ketones is 1. The normalized spacial score (nSPS) is 26.1. The Morgan fingerprint density at radius 2 is 2.00 bits per heavy atom. The molecule has 0 bridgehead atoms. The molecule has 15 heavy (non-hydrogen) atoms. The highest BCUT2D eigenvalue weighted by Gasteiger charge is 2.32. The van der Waals surface area contributed by atoms with Crippen LogP contribution in [0.2, 0.25) is 0 Å². The average Bonchev–Trinajstić information content (AvgIpc) is 2.11. The van der Waals surface area contributed by atoms with Crippen LogP contribution >= 0.6 is 0 Å². The van der Waals surface area contributed by atoms with Gasteiger partial charge < -0.3 is 0 Å². The molecular formula is C14H22O. The van der Waals surface area contributed by atoms with Crippen LogP contribution in [0.1, 0.15) is 47.5 Å². The van der Waals surface area contributed by atoms with Crippen molar-refractivity contribution in [3.05, 3.63) is 23.3 Å². The third-order valence-electron chi connectivity index (χ3n) is 3.65. The third kappa shape index (κ3) is 2.80. The lowest BCUT2D eigenvalue weighted by Crippen LogP contribution is -2.27. The van der Waals surface area contributed by atoms with E-state index in [1.54, 1.807) is 13.0 Å². The summed E-state index contributed by atoms with van der Waals surface area (Å²) >= 11 is 0. The Hall–Kier alpha value is -0.850. The smallest absolute Gasteiger partial charge is 0.152 e. The SMILES string of the molecule is CC(=O)C=CC1C(C)=C(C)CCC1(C)C. The molecule has 0 fully saturated rings. The van der Waals surface area contributed by atoms with E-state index in [1.165, 1.54) is 24.0 Å². The van der Waals surface area contributed by atoms with Crippen LogP contribution in [-0.2, 0) is 4.79 Å². The van der Waals surface area contributed by atoms with Gasteiger partial charge in [0.1, 0.15) is 0 Å². The Bertz CT molecular complexity index is 318. The molecule has 1 nitrogen and oxygen atoms in total. The van der Waals surface area contributed by atoms with Crippen molar-refractivity contribution < 1.29 is 4.79 Å². The Morgan fingerprint density at radius 1 is 1.40 bits per heavy atom. The van der Waals surface area contributed by atoms with Crippen LogP contribution in [0.15, 0.2) is 23.3 Å². The zero-order valence-corrected chi connectivity index (χ0v) is 10.6. The number of carbonyl (C=O) groups is 1. The molecule has 0 saturated carbocycles. The van der Waals surface area contributed by atoms with Gasteiger partial charge in [0.05, 0.1) is 0 Å². The lowest BCUT2D eigenvalue weighted by atomic mass is 9.66. The molecule has 0 aromatic rings. The van der Waals surface area contributed by atoms with Crippen LogP contribution in [0.25, 0.3) is 0 Å². The highest BCUT2D eigenvalue weighted by atomic mass is 16.1. The van der Waals surface area contributed by atoms with Crippen LogP contribution in [0.4, 0.5) is 0 Å². The Labute approximate surface area is 93.3 Å². The Kier molecular flexibility index (Phi) is 3.54. The van der Waals surface area contributed by atoms with Crippen molar-refractivity contribution in [3.63, 3.8) is 0 Å². The number of hydrogen-bond acceptors (Lipinski definition) is 1. The standard InChI is InChI=1S/C14H22O/c1-10-8-9-14(4,5)13(12(10)3)7-6-11(2)15/h6-7,13H,8-9H2,1-5H3. The lowest BCUT2D eigenvalue weighted by Gasteiger charge is -2.38. The molecule has 0 aromatic heterocycles. The first-order valence-electron chi connectivity index (χ1n) is 5.69. The van der Waals surface area contributed by atoms with Crippen LogP contribution in [-0.4, -0.2) is 5.78 Å². The first kappa shape index (κ1) is 12.2. The fourth-order valence-corrected chi connectivity index (χ4v) is 2.35. The van der Waals surface area contributed by atoms with E-state index in [4.69, 9.17) is 0 Å². The maximum atomic E-state index is 11.0. The zero-order chi connectivity index (χ0) is 11.6. The molecule has 0 spiro atoms. The van der Waals surface area contributed by atoms with E-state index in [0.29, 0.717) is 5.92 Å². The molecule has 1 aliphatic carbocycles. The minimum atomic E-state index is 0.141. The lowest BCUT2D eigenvalue weighted by molar-refractivity contribution is -0.112. The molecule has 0 aromatic carbocycles. The fourth-order valence-electron chi connectivity index (χ4n) is 2.35. The molecule has 0 amide bonds. The van der Waals surface area contributed by atoms with Crippen molar-refractivity contribution in [2.45, 2.75) is 47.5 Å². The van der Waals surface area contributed by atoms with Crippen molar-refractivity contribution in [1.29, 1.82) is 0 Å². The number of rotatable bonds is 2. The Morgan fingerprint density at radius 3 is 2.53 bits per heavy atom. The molecule has 0 radical (unpaired) electrons. The van der Waals surface area contributed by atoms with E-state index in [1.807, 2.05) is 0 Å². The van der Waals surface area contributed by atoms with Gasteiger partial charge in [0.2, 0.25) is 0 Å². The molecule has 1 aliphatic rings. The van der Waals surface area contributed by atoms with Gasteiger partial charge in [0, 0.05) is 5.92 Å². The van der Waals surface area contributed by atoms with Gasteiger partial charge in [-0.15, -0.1) is 0 Å². The van der Waals surface area contributed by atoms with Crippen LogP contribution in [0.3, 0.4) is 0 Å². The topological polar surface area (TPSA) is 17.1 Å². The largest absolute Gasteiger partial charge is 0.295 e. The first-order valence-corrected chi connectivity index (χ1v) is 5.69. The summed E-state index contributed by atoms with van der Waals surface area (Å²) in [6.07, 6.45) is 6.21. The predicted molar refractivity (Wildman–Crippen MR) is 64.7 cm³/mol. The summed E-state index contributed by atoms with van der Waals surface area (Å²) in [5.74, 6) is 0.567. The highest BCUT2D eigenvalue weighted by Crippen LogP contribution is 2.44. The number of hydrogen-bond donors (Lipinski definition) is 0. The summed E-state index contributed by atoms with van der Waals surface area (Å²) in [5, 5.41) is 0. The fraction of sp³-hybridized carbons (Fsp3) is 0.643. The summed E-state index contributed by atoms with van der Waals surface area (Å²) < 4.78 is 0. The first-order chi connectivity index (χ1) is 6.84. The second-order valence-electron chi connectivity index (χ2n) is 5.40. The molecule has 0 saturated heterocycles. The monoisotopic (exact) mass is 206 g/mol. The van der Waals surface area contributed by atoms with Gasteiger partial charge in [-0.25, -0.2) is 0 Å². The second kappa shape index (κ2) is 4.34. The van der Waals surface area contributed by atoms with Crippen molar-refractivity contribution in [2.75, 3.05) is 0 Å². The molecule has 1 rings (SSSR count). The number of carbonyl (C=O) groups excluding carboxylic acids is 1. The highest BCUT2D eigenvalue weighted by molar-refractivity contribution is 5.87. The van der Waals surface area contributed by atoms with Crippen molar-refractivity contribution in [2.24, 2.45) is 11.3 Å². The van der Waals surface area contributed by atoms with Gasteiger partial charge in [-0.2, -0.15) is 0 Å². The van der Waals surface area contributed by atoms with Gasteiger partial charge >= 0.3 is 0 Å². The minimum absolute atomic E-state index is 0.141. The molecule has 0 heterocycles. The molecule has 1 unspecified atom stereocenters. The maximum Gasteiger partial charge on any atom is 0.152 e. The van der Waals surface area contributed by atoms with Crippen LogP contribution in [0.5, 0.6) is 0 Å². The van der Waals surface area contributed by atoms with Gasteiger partial charge in [-0.05, 0) is 45.1 Å². The summed E-state index contributed by atoms with van der Waals surface area (Å²) in [4.78, 5) is 11.0. The number of allylic oxidation sites excluding steroid dienone is 4. The van der Waals surface area contributed by atoms with E-state index in [-0.39, 0.29) is 11.2 Å². The quantitative estimate of drug-likeness (QED) is 0.494. The summed E-state index contributed by atoms with van der Waals surface area (Å²) in [7, 11) is 0. The summed E-state index contributed by atoms with van der Waals surface area (Å²) in [6.45, 7) is 10.6. The van der Waals surface area contributed by atoms with Gasteiger partial charge in [0.15, 0.2) is 5.78 Å². The predicted octanol–water partition coefficient (Wildman–Crippen LogP) is 3.90. The summed E-state index contributed by atoms with van der Waals surface area (Å²) in [5.41, 5.74) is 3.23. The summed E-state index contributed by atoms with van der Waals surface area (Å²) in [6, 6.07) is 0. The van der Waals surface area contributed by atoms with E-state index in [0.717, 1.165) is 0 Å². The van der Waals surface area contributed by atoms with E-state index in [9.17, 15) is 4.79 Å². The average molecular weight is 206 g/mol. The third-order valence-corrected chi connectivity index (χ3v) is 3.65. The molecule has 0 aliphatic heterocycles. The molecule has 0 N–H and O–H groups in total. The van der Waals surface area contributed by atoms with Crippen LogP contribution < -0.4 is 0 Å². The Balaban J connectivity index is 2.99. The van der Waals surface area contributed by atoms with Crippen molar-refractivity contribution in [1.82, 2.24) is 0 Å². The van der Waals surface area contributed by atoms with Gasteiger partial charge in [0.25, 0.3) is 0 Å². The maximum absolute atomic E-state index is 11.0. The van der Waals surface area contributed by atoms with E-state index < -0.39 is 0 Å². The molecule has 1 heteroatoms. The van der Waals surface area contributed by atoms with E-state index in [2.05, 4.69) is 33.8 Å². The van der Waals surface area contributed by atoms with Crippen molar-refractivity contribution >= 4 is 5.78 Å². The van der Waals surface area contributed by atoms with Gasteiger partial charge in [-0.3, -0.25) is 4.79 Å². The molecular weight excluding hydrogens is 184 g/mol. The van der Waals surface area contributed by atoms with E-state index >= 15 is 0 Å². The van der Waals surface area contributed by atoms with Crippen LogP contribution in [0, 0.1) is 11.3 Å². The molecule has 84 valence electrons. The second-order valence-corrected chi connectivity index (χ2v) is 5.40. The minimum Gasteiger partial charge on any atom is -0.295 e. The zero-order valence-electron chi connectivity index (χ0n) is 10.6.